The van der Waals surface area contributed by atoms with Crippen molar-refractivity contribution < 1.29 is 4.74 Å². The minimum atomic E-state index is 0.487. The maximum absolute atomic E-state index is 5.69. The van der Waals surface area contributed by atoms with Gasteiger partial charge in [0.05, 0.1) is 5.69 Å². The van der Waals surface area contributed by atoms with Crippen LogP contribution in [0, 0.1) is 0 Å². The van der Waals surface area contributed by atoms with Crippen LogP contribution >= 0.6 is 15.9 Å². The van der Waals surface area contributed by atoms with Crippen LogP contribution in [0.3, 0.4) is 0 Å². The Labute approximate surface area is 92.8 Å². The Morgan fingerprint density at radius 3 is 2.93 bits per heavy atom. The van der Waals surface area contributed by atoms with Gasteiger partial charge >= 0.3 is 0 Å². The average Bonchev–Trinajstić information content (AvgIpc) is 2.16. The first-order valence-electron chi connectivity index (χ1n) is 4.88. The van der Waals surface area contributed by atoms with E-state index in [0.29, 0.717) is 5.92 Å². The molecule has 0 unspecified atom stereocenters. The Kier molecular flexibility index (Phi) is 2.68. The Morgan fingerprint density at radius 1 is 1.43 bits per heavy atom. The van der Waals surface area contributed by atoms with Gasteiger partial charge in [0.2, 0.25) is 0 Å². The second-order valence-electron chi connectivity index (χ2n) is 3.80. The van der Waals surface area contributed by atoms with Crippen molar-refractivity contribution in [2.45, 2.75) is 19.8 Å². The second kappa shape index (κ2) is 3.81. The van der Waals surface area contributed by atoms with E-state index < -0.39 is 0 Å². The van der Waals surface area contributed by atoms with Crippen LogP contribution < -0.4 is 10.1 Å². The predicted molar refractivity (Wildman–Crippen MR) is 62.2 cm³/mol. The normalized spacial score (nSPS) is 14.6. The van der Waals surface area contributed by atoms with E-state index in [-0.39, 0.29) is 0 Å². The largest absolute Gasteiger partial charge is 0.489 e. The third-order valence-electron chi connectivity index (χ3n) is 2.37. The van der Waals surface area contributed by atoms with Crippen LogP contribution in [-0.2, 0) is 0 Å². The van der Waals surface area contributed by atoms with Crippen molar-refractivity contribution >= 4 is 21.6 Å². The molecule has 2 rings (SSSR count). The fraction of sp³-hybridized carbons (Fsp3) is 0.455. The number of fused-ring (bicyclic) bond motifs is 1. The van der Waals surface area contributed by atoms with E-state index in [4.69, 9.17) is 4.74 Å². The van der Waals surface area contributed by atoms with Gasteiger partial charge in [-0.1, -0.05) is 29.8 Å². The van der Waals surface area contributed by atoms with Gasteiger partial charge in [0.25, 0.3) is 0 Å². The molecule has 1 aliphatic rings. The molecule has 0 spiro atoms. The molecule has 0 aromatic heterocycles. The molecule has 0 saturated carbocycles. The molecule has 1 aromatic rings. The van der Waals surface area contributed by atoms with Gasteiger partial charge in [-0.05, 0) is 23.6 Å². The zero-order chi connectivity index (χ0) is 10.1. The molecular weight excluding hydrogens is 242 g/mol. The van der Waals surface area contributed by atoms with Crippen LogP contribution in [0.5, 0.6) is 5.75 Å². The minimum Gasteiger partial charge on any atom is -0.489 e. The smallest absolute Gasteiger partial charge is 0.146 e. The highest BCUT2D eigenvalue weighted by atomic mass is 79.9. The zero-order valence-corrected chi connectivity index (χ0v) is 10.0. The lowest BCUT2D eigenvalue weighted by Crippen LogP contribution is -2.19. The van der Waals surface area contributed by atoms with E-state index in [1.807, 2.05) is 0 Å². The van der Waals surface area contributed by atoms with Crippen molar-refractivity contribution in [3.63, 3.8) is 0 Å². The lowest BCUT2D eigenvalue weighted by molar-refractivity contribution is 0.318. The third kappa shape index (κ3) is 1.73. The maximum atomic E-state index is 5.69. The van der Waals surface area contributed by atoms with E-state index >= 15 is 0 Å². The Morgan fingerprint density at radius 2 is 2.21 bits per heavy atom. The van der Waals surface area contributed by atoms with Crippen molar-refractivity contribution in [1.29, 1.82) is 0 Å². The summed E-state index contributed by atoms with van der Waals surface area (Å²) in [7, 11) is 0. The molecule has 1 N–H and O–H groups in total. The molecular formula is C11H14BrNO. The number of rotatable bonds is 1. The first kappa shape index (κ1) is 9.84. The minimum absolute atomic E-state index is 0.487. The average molecular weight is 256 g/mol. The predicted octanol–water partition coefficient (Wildman–Crippen LogP) is 3.38. The van der Waals surface area contributed by atoms with Crippen molar-refractivity contribution in [3.8, 4) is 5.75 Å². The molecule has 3 heteroatoms. The van der Waals surface area contributed by atoms with E-state index in [9.17, 15) is 0 Å². The van der Waals surface area contributed by atoms with Crippen LogP contribution in [0.2, 0.25) is 0 Å². The summed E-state index contributed by atoms with van der Waals surface area (Å²) in [6.07, 6.45) is 0. The summed E-state index contributed by atoms with van der Waals surface area (Å²) in [5, 5.41) is 3.34. The summed E-state index contributed by atoms with van der Waals surface area (Å²) in [6, 6.07) is 4.21. The standard InChI is InChI=1S/C11H14BrNO/c1-7(2)9-5-8(12)6-10-11(9)14-4-3-13-10/h5-7,13H,3-4H2,1-2H3. The van der Waals surface area contributed by atoms with E-state index in [2.05, 4.69) is 47.2 Å². The summed E-state index contributed by atoms with van der Waals surface area (Å²) < 4.78 is 6.80. The number of ether oxygens (including phenoxy) is 1. The highest BCUT2D eigenvalue weighted by Gasteiger charge is 2.17. The van der Waals surface area contributed by atoms with Crippen molar-refractivity contribution in [2.24, 2.45) is 0 Å². The fourth-order valence-electron chi connectivity index (χ4n) is 1.67. The molecule has 0 amide bonds. The highest BCUT2D eigenvalue weighted by Crippen LogP contribution is 2.38. The van der Waals surface area contributed by atoms with Gasteiger partial charge in [0.1, 0.15) is 12.4 Å². The Hall–Kier alpha value is -0.700. The van der Waals surface area contributed by atoms with Crippen molar-refractivity contribution in [2.75, 3.05) is 18.5 Å². The third-order valence-corrected chi connectivity index (χ3v) is 2.83. The molecule has 76 valence electrons. The summed E-state index contributed by atoms with van der Waals surface area (Å²) in [5.74, 6) is 1.51. The maximum Gasteiger partial charge on any atom is 0.146 e. The van der Waals surface area contributed by atoms with Crippen LogP contribution in [-0.4, -0.2) is 13.2 Å². The van der Waals surface area contributed by atoms with Crippen molar-refractivity contribution in [1.82, 2.24) is 0 Å². The fourth-order valence-corrected chi connectivity index (χ4v) is 2.15. The first-order chi connectivity index (χ1) is 6.68. The number of benzene rings is 1. The van der Waals surface area contributed by atoms with Crippen molar-refractivity contribution in [3.05, 3.63) is 22.2 Å². The lowest BCUT2D eigenvalue weighted by atomic mass is 10.0. The van der Waals surface area contributed by atoms with Crippen LogP contribution in [0.15, 0.2) is 16.6 Å². The topological polar surface area (TPSA) is 21.3 Å². The molecule has 0 bridgehead atoms. The quantitative estimate of drug-likeness (QED) is 0.831. The van der Waals surface area contributed by atoms with Gasteiger partial charge in [-0.3, -0.25) is 0 Å². The molecule has 1 aromatic carbocycles. The van der Waals surface area contributed by atoms with E-state index in [0.717, 1.165) is 29.1 Å². The second-order valence-corrected chi connectivity index (χ2v) is 4.72. The van der Waals surface area contributed by atoms with Crippen LogP contribution in [0.1, 0.15) is 25.3 Å². The first-order valence-corrected chi connectivity index (χ1v) is 5.68. The molecule has 2 nitrogen and oxygen atoms in total. The molecule has 0 atom stereocenters. The molecule has 0 fully saturated rings. The number of hydrogen-bond donors (Lipinski definition) is 1. The van der Waals surface area contributed by atoms with Crippen LogP contribution in [0.25, 0.3) is 0 Å². The number of halogens is 1. The molecule has 0 saturated heterocycles. The Bertz CT molecular complexity index is 349. The summed E-state index contributed by atoms with van der Waals surface area (Å²) in [4.78, 5) is 0. The Balaban J connectivity index is 2.52. The van der Waals surface area contributed by atoms with E-state index in [1.54, 1.807) is 0 Å². The lowest BCUT2D eigenvalue weighted by Gasteiger charge is -2.23. The monoisotopic (exact) mass is 255 g/mol. The zero-order valence-electron chi connectivity index (χ0n) is 8.43. The number of anilines is 1. The van der Waals surface area contributed by atoms with Gasteiger partial charge < -0.3 is 10.1 Å². The molecule has 1 heterocycles. The summed E-state index contributed by atoms with van der Waals surface area (Å²) in [6.45, 7) is 6.01. The number of hydrogen-bond acceptors (Lipinski definition) is 2. The van der Waals surface area contributed by atoms with Gasteiger partial charge in [-0.25, -0.2) is 0 Å². The SMILES string of the molecule is CC(C)c1cc(Br)cc2c1OCCN2. The molecule has 1 aliphatic heterocycles. The summed E-state index contributed by atoms with van der Waals surface area (Å²) in [5.41, 5.74) is 2.37. The highest BCUT2D eigenvalue weighted by molar-refractivity contribution is 9.10. The molecule has 0 aliphatic carbocycles. The van der Waals surface area contributed by atoms with Gasteiger partial charge in [-0.15, -0.1) is 0 Å². The van der Waals surface area contributed by atoms with E-state index in [1.165, 1.54) is 5.56 Å². The van der Waals surface area contributed by atoms with Gasteiger partial charge in [0.15, 0.2) is 0 Å². The molecule has 14 heavy (non-hydrogen) atoms. The summed E-state index contributed by atoms with van der Waals surface area (Å²) >= 11 is 3.51. The van der Waals surface area contributed by atoms with Gasteiger partial charge in [-0.2, -0.15) is 0 Å². The van der Waals surface area contributed by atoms with Crippen LogP contribution in [0.4, 0.5) is 5.69 Å². The number of nitrogens with one attached hydrogen (secondary N) is 1. The van der Waals surface area contributed by atoms with Gasteiger partial charge in [0, 0.05) is 11.0 Å². The molecule has 0 radical (unpaired) electrons.